The highest BCUT2D eigenvalue weighted by Gasteiger charge is 2.43. The molecule has 10 nitrogen and oxygen atoms in total. The fourth-order valence-electron chi connectivity index (χ4n) is 2.42. The van der Waals surface area contributed by atoms with Crippen LogP contribution in [0.15, 0.2) is 24.3 Å². The number of benzene rings is 1. The van der Waals surface area contributed by atoms with Gasteiger partial charge in [-0.15, -0.1) is 0 Å². The van der Waals surface area contributed by atoms with Crippen LogP contribution in [0, 0.1) is 0 Å². The molecule has 2 amide bonds. The topological polar surface area (TPSA) is 158 Å². The van der Waals surface area contributed by atoms with Crippen molar-refractivity contribution in [1.82, 2.24) is 5.32 Å². The van der Waals surface area contributed by atoms with Crippen molar-refractivity contribution in [2.75, 3.05) is 18.5 Å². The summed E-state index contributed by atoms with van der Waals surface area (Å²) in [6.45, 7) is 1.34. The van der Waals surface area contributed by atoms with E-state index in [1.807, 2.05) is 0 Å². The molecule has 26 heavy (non-hydrogen) atoms. The van der Waals surface area contributed by atoms with Gasteiger partial charge in [-0.25, -0.2) is 9.59 Å². The first-order chi connectivity index (χ1) is 12.4. The molecule has 2 rings (SSSR count). The zero-order chi connectivity index (χ0) is 19.3. The Labute approximate surface area is 149 Å². The van der Waals surface area contributed by atoms with E-state index >= 15 is 0 Å². The molecule has 1 aromatic carbocycles. The van der Waals surface area contributed by atoms with Gasteiger partial charge in [-0.05, 0) is 31.2 Å². The summed E-state index contributed by atoms with van der Waals surface area (Å²) in [7, 11) is 0. The van der Waals surface area contributed by atoms with Crippen LogP contribution in [-0.2, 0) is 9.47 Å². The Hall–Kier alpha value is -2.24. The van der Waals surface area contributed by atoms with E-state index < -0.39 is 49.3 Å². The van der Waals surface area contributed by atoms with E-state index in [-0.39, 0.29) is 6.61 Å². The van der Waals surface area contributed by atoms with E-state index in [9.17, 15) is 24.9 Å². The molecule has 0 radical (unpaired) electrons. The number of hydrogen-bond donors (Lipinski definition) is 6. The van der Waals surface area contributed by atoms with Crippen molar-refractivity contribution < 1.29 is 39.5 Å². The second-order valence-electron chi connectivity index (χ2n) is 5.65. The summed E-state index contributed by atoms with van der Waals surface area (Å²) in [6.07, 6.45) is -7.13. The number of hydrogen-bond acceptors (Lipinski definition) is 8. The van der Waals surface area contributed by atoms with E-state index in [2.05, 4.69) is 10.6 Å². The van der Waals surface area contributed by atoms with Gasteiger partial charge in [-0.1, -0.05) is 0 Å². The molecular formula is C16H22N2O8. The molecule has 1 aliphatic rings. The van der Waals surface area contributed by atoms with Crippen molar-refractivity contribution >= 4 is 17.7 Å². The largest absolute Gasteiger partial charge is 0.462 e. The SMILES string of the molecule is CCOC(=O)c1ccc(NC(=O)NC2OC(CO)C(O)C(O)C2O)cc1. The monoisotopic (exact) mass is 370 g/mol. The lowest BCUT2D eigenvalue weighted by Gasteiger charge is -2.40. The number of esters is 1. The molecule has 10 heteroatoms. The number of carbonyl (C=O) groups is 2. The Bertz CT molecular complexity index is 621. The number of urea groups is 1. The molecular weight excluding hydrogens is 348 g/mol. The molecule has 0 bridgehead atoms. The van der Waals surface area contributed by atoms with Gasteiger partial charge in [0, 0.05) is 5.69 Å². The Kier molecular flexibility index (Phi) is 6.89. The summed E-state index contributed by atoms with van der Waals surface area (Å²) < 4.78 is 10.0. The Morgan fingerprint density at radius 1 is 1.12 bits per heavy atom. The third kappa shape index (κ3) is 4.68. The van der Waals surface area contributed by atoms with Gasteiger partial charge in [0.15, 0.2) is 6.23 Å². The fraction of sp³-hybridized carbons (Fsp3) is 0.500. The highest BCUT2D eigenvalue weighted by atomic mass is 16.6. The third-order valence-electron chi connectivity index (χ3n) is 3.82. The van der Waals surface area contributed by atoms with Gasteiger partial charge in [0.2, 0.25) is 0 Å². The molecule has 1 saturated heterocycles. The molecule has 0 aliphatic carbocycles. The minimum Gasteiger partial charge on any atom is -0.462 e. The van der Waals surface area contributed by atoms with Crippen molar-refractivity contribution in [2.45, 2.75) is 37.6 Å². The van der Waals surface area contributed by atoms with E-state index in [1.165, 1.54) is 24.3 Å². The molecule has 5 unspecified atom stereocenters. The average molecular weight is 370 g/mol. The number of ether oxygens (including phenoxy) is 2. The second-order valence-corrected chi connectivity index (χ2v) is 5.65. The van der Waals surface area contributed by atoms with Gasteiger partial charge in [0.25, 0.3) is 0 Å². The summed E-state index contributed by atoms with van der Waals surface area (Å²) in [5.74, 6) is -0.482. The molecule has 144 valence electrons. The van der Waals surface area contributed by atoms with Crippen molar-refractivity contribution in [3.05, 3.63) is 29.8 Å². The Morgan fingerprint density at radius 3 is 2.35 bits per heavy atom. The second kappa shape index (κ2) is 8.92. The van der Waals surface area contributed by atoms with Crippen LogP contribution >= 0.6 is 0 Å². The van der Waals surface area contributed by atoms with Crippen LogP contribution < -0.4 is 10.6 Å². The van der Waals surface area contributed by atoms with Crippen molar-refractivity contribution in [3.63, 3.8) is 0 Å². The summed E-state index contributed by atoms with van der Waals surface area (Å²) in [4.78, 5) is 23.6. The van der Waals surface area contributed by atoms with E-state index in [1.54, 1.807) is 6.92 Å². The molecule has 1 aliphatic heterocycles. The van der Waals surface area contributed by atoms with Crippen molar-refractivity contribution in [3.8, 4) is 0 Å². The summed E-state index contributed by atoms with van der Waals surface area (Å²) in [6, 6.07) is 5.17. The standard InChI is InChI=1S/C16H22N2O8/c1-2-25-15(23)8-3-5-9(6-4-8)17-16(24)18-14-13(22)12(21)11(20)10(7-19)26-14/h3-6,10-14,19-22H,2,7H2,1H3,(H2,17,18,24). The maximum Gasteiger partial charge on any atom is 0.338 e. The average Bonchev–Trinajstić information content (AvgIpc) is 2.63. The number of carbonyl (C=O) groups excluding carboxylic acids is 2. The highest BCUT2D eigenvalue weighted by molar-refractivity contribution is 5.92. The lowest BCUT2D eigenvalue weighted by molar-refractivity contribution is -0.233. The number of amides is 2. The fourth-order valence-corrected chi connectivity index (χ4v) is 2.42. The van der Waals surface area contributed by atoms with Crippen molar-refractivity contribution in [2.24, 2.45) is 0 Å². The first-order valence-electron chi connectivity index (χ1n) is 8.02. The van der Waals surface area contributed by atoms with Crippen LogP contribution in [0.4, 0.5) is 10.5 Å². The highest BCUT2D eigenvalue weighted by Crippen LogP contribution is 2.20. The minimum absolute atomic E-state index is 0.250. The van der Waals surface area contributed by atoms with Crippen molar-refractivity contribution in [1.29, 1.82) is 0 Å². The van der Waals surface area contributed by atoms with Crippen LogP contribution in [0.2, 0.25) is 0 Å². The van der Waals surface area contributed by atoms with E-state index in [0.717, 1.165) is 0 Å². The molecule has 6 N–H and O–H groups in total. The first-order valence-corrected chi connectivity index (χ1v) is 8.02. The molecule has 1 heterocycles. The molecule has 0 spiro atoms. The number of aliphatic hydroxyl groups is 4. The predicted octanol–water partition coefficient (Wildman–Crippen LogP) is -1.22. The van der Waals surface area contributed by atoms with Gasteiger partial charge in [-0.3, -0.25) is 0 Å². The normalized spacial score (nSPS) is 28.3. The molecule has 0 saturated carbocycles. The summed E-state index contributed by atoms with van der Waals surface area (Å²) >= 11 is 0. The first kappa shape index (κ1) is 20.1. The minimum atomic E-state index is -1.59. The number of rotatable bonds is 5. The Morgan fingerprint density at radius 2 is 1.77 bits per heavy atom. The molecule has 1 fully saturated rings. The predicted molar refractivity (Wildman–Crippen MR) is 88.3 cm³/mol. The van der Waals surface area contributed by atoms with Gasteiger partial charge in [0.1, 0.15) is 24.4 Å². The molecule has 0 aromatic heterocycles. The third-order valence-corrected chi connectivity index (χ3v) is 3.82. The van der Waals surface area contributed by atoms with E-state index in [4.69, 9.17) is 14.6 Å². The maximum atomic E-state index is 12.0. The van der Waals surface area contributed by atoms with Crippen LogP contribution in [-0.4, -0.2) is 76.3 Å². The van der Waals surface area contributed by atoms with Gasteiger partial charge in [0.05, 0.1) is 18.8 Å². The van der Waals surface area contributed by atoms with Gasteiger partial charge < -0.3 is 40.5 Å². The molecule has 5 atom stereocenters. The van der Waals surface area contributed by atoms with Gasteiger partial charge >= 0.3 is 12.0 Å². The summed E-state index contributed by atoms with van der Waals surface area (Å²) in [5, 5.41) is 43.1. The van der Waals surface area contributed by atoms with E-state index in [0.29, 0.717) is 11.3 Å². The van der Waals surface area contributed by atoms with Crippen LogP contribution in [0.1, 0.15) is 17.3 Å². The lowest BCUT2D eigenvalue weighted by atomic mass is 9.98. The number of nitrogens with one attached hydrogen (secondary N) is 2. The van der Waals surface area contributed by atoms with Crippen LogP contribution in [0.25, 0.3) is 0 Å². The number of anilines is 1. The van der Waals surface area contributed by atoms with Gasteiger partial charge in [-0.2, -0.15) is 0 Å². The lowest BCUT2D eigenvalue weighted by Crippen LogP contribution is -2.63. The smallest absolute Gasteiger partial charge is 0.338 e. The quantitative estimate of drug-likeness (QED) is 0.352. The number of aliphatic hydroxyl groups excluding tert-OH is 4. The zero-order valence-electron chi connectivity index (χ0n) is 14.0. The van der Waals surface area contributed by atoms with Crippen LogP contribution in [0.5, 0.6) is 0 Å². The summed E-state index contributed by atoms with van der Waals surface area (Å²) in [5.41, 5.74) is 0.687. The zero-order valence-corrected chi connectivity index (χ0v) is 14.0. The Balaban J connectivity index is 1.94. The maximum absolute atomic E-state index is 12.0. The molecule has 1 aromatic rings. The van der Waals surface area contributed by atoms with Crippen LogP contribution in [0.3, 0.4) is 0 Å².